The lowest BCUT2D eigenvalue weighted by Crippen LogP contribution is -2.11. The molecule has 0 aliphatic heterocycles. The predicted molar refractivity (Wildman–Crippen MR) is 73.7 cm³/mol. The summed E-state index contributed by atoms with van der Waals surface area (Å²) in [6.45, 7) is 0. The highest BCUT2D eigenvalue weighted by Gasteiger charge is 2.04. The van der Waals surface area contributed by atoms with Gasteiger partial charge in [-0.05, 0) is 0 Å². The molecule has 0 atom stereocenters. The number of hydrazine groups is 1. The number of hydrogen-bond donors (Lipinski definition) is 2. The molecule has 22 heavy (non-hydrogen) atoms. The Balaban J connectivity index is 0.000000220. The highest BCUT2D eigenvalue weighted by Crippen LogP contribution is 2.19. The van der Waals surface area contributed by atoms with Crippen LogP contribution in [0.2, 0.25) is 0 Å². The largest absolute Gasteiger partial charge is 0.493 e. The maximum Gasteiger partial charge on any atom is 0.318 e. The molecular formula is C12H15F2N5O3. The number of nitrogen functional groups attached to an aromatic ring is 1. The van der Waals surface area contributed by atoms with Crippen molar-refractivity contribution in [2.45, 2.75) is 0 Å². The fourth-order valence-corrected chi connectivity index (χ4v) is 1.22. The van der Waals surface area contributed by atoms with Gasteiger partial charge in [-0.25, -0.2) is 24.6 Å². The van der Waals surface area contributed by atoms with Crippen LogP contribution in [0.4, 0.5) is 14.6 Å². The van der Waals surface area contributed by atoms with Crippen LogP contribution in [0.3, 0.4) is 0 Å². The summed E-state index contributed by atoms with van der Waals surface area (Å²) in [6, 6.07) is 1.45. The van der Waals surface area contributed by atoms with Crippen molar-refractivity contribution in [3.05, 3.63) is 30.1 Å². The van der Waals surface area contributed by atoms with E-state index in [0.717, 1.165) is 12.4 Å². The minimum Gasteiger partial charge on any atom is -0.493 e. The number of halogens is 2. The van der Waals surface area contributed by atoms with Gasteiger partial charge in [0.05, 0.1) is 33.7 Å². The molecule has 0 bridgehead atoms. The molecule has 2 aromatic rings. The third-order valence-corrected chi connectivity index (χ3v) is 2.27. The minimum absolute atomic E-state index is 0.0688. The predicted octanol–water partition coefficient (Wildman–Crippen LogP) is 1.15. The Morgan fingerprint density at radius 3 is 2.23 bits per heavy atom. The molecule has 2 aromatic heterocycles. The summed E-state index contributed by atoms with van der Waals surface area (Å²) in [5, 5.41) is 0. The lowest BCUT2D eigenvalue weighted by Gasteiger charge is -2.02. The van der Waals surface area contributed by atoms with Crippen molar-refractivity contribution in [2.24, 2.45) is 5.84 Å². The summed E-state index contributed by atoms with van der Waals surface area (Å²) in [6.07, 6.45) is 2.03. The fourth-order valence-electron chi connectivity index (χ4n) is 1.22. The van der Waals surface area contributed by atoms with E-state index in [9.17, 15) is 8.78 Å². The molecule has 10 heteroatoms. The van der Waals surface area contributed by atoms with E-state index in [2.05, 4.69) is 25.1 Å². The number of methoxy groups -OCH3 is 3. The van der Waals surface area contributed by atoms with E-state index in [1.807, 2.05) is 0 Å². The Labute approximate surface area is 125 Å². The van der Waals surface area contributed by atoms with Crippen LogP contribution in [0.5, 0.6) is 17.6 Å². The molecule has 120 valence electrons. The number of aromatic nitrogens is 3. The summed E-state index contributed by atoms with van der Waals surface area (Å²) in [7, 11) is 4.23. The highest BCUT2D eigenvalue weighted by molar-refractivity contribution is 5.34. The van der Waals surface area contributed by atoms with Crippen LogP contribution in [0.25, 0.3) is 0 Å². The van der Waals surface area contributed by atoms with E-state index in [1.54, 1.807) is 0 Å². The van der Waals surface area contributed by atoms with Gasteiger partial charge in [0.1, 0.15) is 0 Å². The van der Waals surface area contributed by atoms with Crippen LogP contribution in [-0.2, 0) is 0 Å². The van der Waals surface area contributed by atoms with Gasteiger partial charge in [0.25, 0.3) is 0 Å². The third-order valence-electron chi connectivity index (χ3n) is 2.27. The smallest absolute Gasteiger partial charge is 0.318 e. The zero-order valence-corrected chi connectivity index (χ0v) is 12.1. The standard InChI is InChI=1S/C7H8FNO2.C5H7FN4O/c1-10-6-3-7(11-2)9-4-5(6)8;1-11-5-8-2-3(6)4(9-5)10-7/h3-4H,1-2H3;2H,7H2,1H3,(H,8,9,10). The maximum absolute atomic E-state index is 12.7. The van der Waals surface area contributed by atoms with Gasteiger partial charge >= 0.3 is 6.01 Å². The van der Waals surface area contributed by atoms with E-state index in [0.29, 0.717) is 5.88 Å². The number of nitrogens with zero attached hydrogens (tertiary/aromatic N) is 3. The van der Waals surface area contributed by atoms with Crippen molar-refractivity contribution >= 4 is 5.82 Å². The molecule has 0 fully saturated rings. The van der Waals surface area contributed by atoms with E-state index in [-0.39, 0.29) is 17.6 Å². The average Bonchev–Trinajstić information content (AvgIpc) is 2.56. The third kappa shape index (κ3) is 4.66. The molecule has 0 aliphatic carbocycles. The van der Waals surface area contributed by atoms with Crippen molar-refractivity contribution in [3.8, 4) is 17.6 Å². The number of nitrogens with two attached hydrogens (primary N) is 1. The Morgan fingerprint density at radius 2 is 1.68 bits per heavy atom. The Kier molecular flexibility index (Phi) is 6.70. The van der Waals surface area contributed by atoms with Crippen LogP contribution in [-0.4, -0.2) is 36.3 Å². The lowest BCUT2D eigenvalue weighted by atomic mass is 10.4. The van der Waals surface area contributed by atoms with Crippen LogP contribution in [0.1, 0.15) is 0 Å². The minimum atomic E-state index is -0.617. The van der Waals surface area contributed by atoms with Gasteiger partial charge < -0.3 is 19.6 Å². The van der Waals surface area contributed by atoms with E-state index < -0.39 is 11.6 Å². The SMILES string of the molecule is COc1cc(OC)c(F)cn1.COc1ncc(F)c(NN)n1. The summed E-state index contributed by atoms with van der Waals surface area (Å²) in [4.78, 5) is 10.7. The maximum atomic E-state index is 12.7. The second kappa shape index (κ2) is 8.52. The topological polar surface area (TPSA) is 104 Å². The normalized spacial score (nSPS) is 9.36. The van der Waals surface area contributed by atoms with Gasteiger partial charge in [0.15, 0.2) is 23.2 Å². The van der Waals surface area contributed by atoms with Crippen LogP contribution in [0.15, 0.2) is 18.5 Å². The van der Waals surface area contributed by atoms with Crippen molar-refractivity contribution < 1.29 is 23.0 Å². The summed E-state index contributed by atoms with van der Waals surface area (Å²) < 4.78 is 39.3. The van der Waals surface area contributed by atoms with Crippen LogP contribution < -0.4 is 25.5 Å². The monoisotopic (exact) mass is 315 g/mol. The van der Waals surface area contributed by atoms with Crippen molar-refractivity contribution in [3.63, 3.8) is 0 Å². The molecule has 0 spiro atoms. The molecule has 0 radical (unpaired) electrons. The number of anilines is 1. The molecule has 0 amide bonds. The number of nitrogens with one attached hydrogen (secondary N) is 1. The van der Waals surface area contributed by atoms with Crippen molar-refractivity contribution in [1.29, 1.82) is 0 Å². The Morgan fingerprint density at radius 1 is 1.00 bits per heavy atom. The van der Waals surface area contributed by atoms with Gasteiger partial charge in [-0.2, -0.15) is 4.98 Å². The van der Waals surface area contributed by atoms with Gasteiger partial charge in [-0.15, -0.1) is 0 Å². The first-order valence-electron chi connectivity index (χ1n) is 5.82. The number of pyridine rings is 1. The zero-order valence-electron chi connectivity index (χ0n) is 12.1. The fraction of sp³-hybridized carbons (Fsp3) is 0.250. The Bertz CT molecular complexity index is 562. The second-order valence-corrected chi connectivity index (χ2v) is 3.56. The molecule has 0 saturated heterocycles. The van der Waals surface area contributed by atoms with Crippen molar-refractivity contribution in [1.82, 2.24) is 15.0 Å². The summed E-state index contributed by atoms with van der Waals surface area (Å²) in [5.74, 6) is 4.21. The van der Waals surface area contributed by atoms with E-state index >= 15 is 0 Å². The molecule has 2 rings (SSSR count). The molecule has 8 nitrogen and oxygen atoms in total. The van der Waals surface area contributed by atoms with Gasteiger partial charge in [-0.3, -0.25) is 0 Å². The number of rotatable bonds is 4. The number of hydrogen-bond acceptors (Lipinski definition) is 8. The van der Waals surface area contributed by atoms with E-state index in [4.69, 9.17) is 15.3 Å². The number of ether oxygens (including phenoxy) is 3. The van der Waals surface area contributed by atoms with Gasteiger partial charge in [0, 0.05) is 6.07 Å². The highest BCUT2D eigenvalue weighted by atomic mass is 19.1. The zero-order chi connectivity index (χ0) is 16.5. The van der Waals surface area contributed by atoms with Gasteiger partial charge in [-0.1, -0.05) is 0 Å². The van der Waals surface area contributed by atoms with Gasteiger partial charge in [0.2, 0.25) is 5.88 Å². The molecule has 0 aromatic carbocycles. The lowest BCUT2D eigenvalue weighted by molar-refractivity contribution is 0.364. The molecule has 2 heterocycles. The van der Waals surface area contributed by atoms with Crippen molar-refractivity contribution in [2.75, 3.05) is 26.8 Å². The first-order chi connectivity index (χ1) is 10.5. The molecule has 0 aliphatic rings. The Hall–Kier alpha value is -2.75. The molecule has 0 saturated carbocycles. The second-order valence-electron chi connectivity index (χ2n) is 3.56. The summed E-state index contributed by atoms with van der Waals surface area (Å²) in [5.41, 5.74) is 2.06. The quantitative estimate of drug-likeness (QED) is 0.639. The molecule has 3 N–H and O–H groups in total. The molecule has 0 unspecified atom stereocenters. The van der Waals surface area contributed by atoms with Crippen LogP contribution >= 0.6 is 0 Å². The van der Waals surface area contributed by atoms with E-state index in [1.165, 1.54) is 27.4 Å². The molecular weight excluding hydrogens is 300 g/mol. The van der Waals surface area contributed by atoms with Crippen LogP contribution in [0, 0.1) is 11.6 Å². The first-order valence-corrected chi connectivity index (χ1v) is 5.82. The first kappa shape index (κ1) is 17.3. The summed E-state index contributed by atoms with van der Waals surface area (Å²) >= 11 is 0. The average molecular weight is 315 g/mol.